The lowest BCUT2D eigenvalue weighted by atomic mass is 10.2. The second-order valence-electron chi connectivity index (χ2n) is 5.22. The summed E-state index contributed by atoms with van der Waals surface area (Å²) in [6.45, 7) is 0.590. The lowest BCUT2D eigenvalue weighted by Crippen LogP contribution is -2.17. The van der Waals surface area contributed by atoms with Crippen LogP contribution >= 0.6 is 23.1 Å². The van der Waals surface area contributed by atoms with Crippen LogP contribution < -0.4 is 5.32 Å². The third kappa shape index (κ3) is 3.85. The summed E-state index contributed by atoms with van der Waals surface area (Å²) in [4.78, 5) is 30.2. The van der Waals surface area contributed by atoms with Crippen molar-refractivity contribution < 1.29 is 19.8 Å². The van der Waals surface area contributed by atoms with Crippen molar-refractivity contribution in [3.05, 3.63) is 23.2 Å². The van der Waals surface area contributed by atoms with E-state index in [-0.39, 0.29) is 6.42 Å². The van der Waals surface area contributed by atoms with E-state index in [0.717, 1.165) is 20.9 Å². The minimum absolute atomic E-state index is 0.141. The van der Waals surface area contributed by atoms with Gasteiger partial charge in [0.15, 0.2) is 6.04 Å². The van der Waals surface area contributed by atoms with E-state index in [4.69, 9.17) is 10.2 Å². The first kappa shape index (κ1) is 16.7. The molecule has 9 heteroatoms. The normalized spacial score (nSPS) is 17.0. The summed E-state index contributed by atoms with van der Waals surface area (Å²) in [5.41, 5.74) is 1.75. The molecule has 2 heterocycles. The molecule has 3 N–H and O–H groups in total. The maximum Gasteiger partial charge on any atom is 0.329 e. The zero-order chi connectivity index (χ0) is 17.1. The standard InChI is InChI=1S/C15H15N3O4S2/c19-12(20)2-1-5-16-8-3-4-9-11(6-8)24-14(17-9)13-18-10(7-23-13)15(21)22/h3-4,6,10,16H,1-2,5,7H2,(H,19,20)(H,21,22)/t10-/m1/s1. The fourth-order valence-corrected chi connectivity index (χ4v) is 4.32. The van der Waals surface area contributed by atoms with Crippen LogP contribution in [0.2, 0.25) is 0 Å². The van der Waals surface area contributed by atoms with Crippen LogP contribution in [0.4, 0.5) is 5.69 Å². The number of fused-ring (bicyclic) bond motifs is 1. The summed E-state index contributed by atoms with van der Waals surface area (Å²) in [7, 11) is 0. The first-order valence-corrected chi connectivity index (χ1v) is 9.13. The zero-order valence-corrected chi connectivity index (χ0v) is 14.2. The van der Waals surface area contributed by atoms with Crippen LogP contribution in [-0.4, -0.2) is 50.5 Å². The monoisotopic (exact) mass is 365 g/mol. The van der Waals surface area contributed by atoms with Crippen LogP contribution in [-0.2, 0) is 9.59 Å². The summed E-state index contributed by atoms with van der Waals surface area (Å²) in [5, 5.41) is 22.2. The maximum absolute atomic E-state index is 11.0. The Hall–Kier alpha value is -2.13. The summed E-state index contributed by atoms with van der Waals surface area (Å²) in [5.74, 6) is -1.27. The minimum Gasteiger partial charge on any atom is -0.481 e. The Kier molecular flexibility index (Phi) is 5.00. The van der Waals surface area contributed by atoms with Gasteiger partial charge in [-0.25, -0.2) is 9.78 Å². The smallest absolute Gasteiger partial charge is 0.329 e. The molecule has 0 saturated carbocycles. The SMILES string of the molecule is O=C(O)CCCNc1ccc2nc(C3=N[C@@H](C(=O)O)CS3)sc2c1. The van der Waals surface area contributed by atoms with Gasteiger partial charge in [0.2, 0.25) is 0 Å². The molecule has 2 aromatic rings. The molecule has 0 spiro atoms. The highest BCUT2D eigenvalue weighted by Gasteiger charge is 2.26. The molecule has 7 nitrogen and oxygen atoms in total. The van der Waals surface area contributed by atoms with Crippen molar-refractivity contribution in [2.75, 3.05) is 17.6 Å². The number of carbonyl (C=O) groups is 2. The van der Waals surface area contributed by atoms with Crippen molar-refractivity contribution in [2.45, 2.75) is 18.9 Å². The number of aliphatic carboxylic acids is 2. The van der Waals surface area contributed by atoms with Gasteiger partial charge in [-0.2, -0.15) is 0 Å². The fraction of sp³-hybridized carbons (Fsp3) is 0.333. The Morgan fingerprint density at radius 2 is 2.17 bits per heavy atom. The molecule has 0 unspecified atom stereocenters. The van der Waals surface area contributed by atoms with Crippen molar-refractivity contribution in [3.63, 3.8) is 0 Å². The van der Waals surface area contributed by atoms with Gasteiger partial charge in [0, 0.05) is 24.4 Å². The minimum atomic E-state index is -0.911. The topological polar surface area (TPSA) is 112 Å². The van der Waals surface area contributed by atoms with E-state index < -0.39 is 18.0 Å². The van der Waals surface area contributed by atoms with E-state index in [9.17, 15) is 9.59 Å². The predicted octanol–water partition coefficient (Wildman–Crippen LogP) is 2.52. The first-order valence-electron chi connectivity index (χ1n) is 7.33. The molecule has 1 aliphatic rings. The number of nitrogens with zero attached hydrogens (tertiary/aromatic N) is 2. The summed E-state index contributed by atoms with van der Waals surface area (Å²) >= 11 is 2.89. The number of thioether (sulfide) groups is 1. The molecule has 1 aromatic carbocycles. The van der Waals surface area contributed by atoms with E-state index in [0.29, 0.717) is 23.8 Å². The van der Waals surface area contributed by atoms with Gasteiger partial charge in [-0.3, -0.25) is 9.79 Å². The number of benzene rings is 1. The second-order valence-corrected chi connectivity index (χ2v) is 7.26. The number of carboxylic acid groups (broad SMARTS) is 2. The number of thiazole rings is 1. The highest BCUT2D eigenvalue weighted by molar-refractivity contribution is 8.15. The lowest BCUT2D eigenvalue weighted by molar-refractivity contribution is -0.138. The third-order valence-corrected chi connectivity index (χ3v) is 5.61. The first-order chi connectivity index (χ1) is 11.5. The molecule has 3 rings (SSSR count). The number of carboxylic acids is 2. The highest BCUT2D eigenvalue weighted by atomic mass is 32.2. The average Bonchev–Trinajstić information content (AvgIpc) is 3.17. The molecule has 126 valence electrons. The van der Waals surface area contributed by atoms with Crippen LogP contribution in [0.1, 0.15) is 17.8 Å². The van der Waals surface area contributed by atoms with E-state index in [2.05, 4.69) is 15.3 Å². The summed E-state index contributed by atoms with van der Waals surface area (Å²) in [6, 6.07) is 5.06. The molecular formula is C15H15N3O4S2. The molecular weight excluding hydrogens is 350 g/mol. The van der Waals surface area contributed by atoms with E-state index in [1.54, 1.807) is 0 Å². The van der Waals surface area contributed by atoms with Crippen molar-refractivity contribution in [1.82, 2.24) is 4.98 Å². The summed E-state index contributed by atoms with van der Waals surface area (Å²) < 4.78 is 0.982. The van der Waals surface area contributed by atoms with Crippen molar-refractivity contribution in [1.29, 1.82) is 0 Å². The van der Waals surface area contributed by atoms with Crippen LogP contribution in [0.15, 0.2) is 23.2 Å². The molecule has 24 heavy (non-hydrogen) atoms. The Morgan fingerprint density at radius 1 is 1.33 bits per heavy atom. The van der Waals surface area contributed by atoms with Gasteiger partial charge in [0.1, 0.15) is 10.1 Å². The summed E-state index contributed by atoms with van der Waals surface area (Å²) in [6.07, 6.45) is 0.701. The van der Waals surface area contributed by atoms with Gasteiger partial charge in [-0.05, 0) is 24.6 Å². The van der Waals surface area contributed by atoms with Crippen molar-refractivity contribution in [3.8, 4) is 0 Å². The van der Waals surface area contributed by atoms with Crippen LogP contribution in [0.5, 0.6) is 0 Å². The quantitative estimate of drug-likeness (QED) is 0.646. The number of aliphatic imine (C=N–C) groups is 1. The van der Waals surface area contributed by atoms with Crippen LogP contribution in [0.25, 0.3) is 10.2 Å². The Labute approximate surface area is 145 Å². The molecule has 0 saturated heterocycles. The molecule has 0 fully saturated rings. The molecule has 0 aliphatic carbocycles. The van der Waals surface area contributed by atoms with Gasteiger partial charge >= 0.3 is 11.9 Å². The number of aromatic nitrogens is 1. The molecule has 1 aliphatic heterocycles. The highest BCUT2D eigenvalue weighted by Crippen LogP contribution is 2.31. The lowest BCUT2D eigenvalue weighted by Gasteiger charge is -2.04. The maximum atomic E-state index is 11.0. The van der Waals surface area contributed by atoms with Crippen molar-refractivity contribution in [2.24, 2.45) is 4.99 Å². The number of hydrogen-bond donors (Lipinski definition) is 3. The number of rotatable bonds is 7. The number of hydrogen-bond acceptors (Lipinski definition) is 7. The number of anilines is 1. The molecule has 0 bridgehead atoms. The van der Waals surface area contributed by atoms with Crippen LogP contribution in [0, 0.1) is 0 Å². The van der Waals surface area contributed by atoms with Gasteiger partial charge in [-0.1, -0.05) is 0 Å². The van der Waals surface area contributed by atoms with E-state index in [1.165, 1.54) is 23.1 Å². The largest absolute Gasteiger partial charge is 0.481 e. The number of nitrogens with one attached hydrogen (secondary N) is 1. The Morgan fingerprint density at radius 3 is 2.88 bits per heavy atom. The predicted molar refractivity (Wildman–Crippen MR) is 95.4 cm³/mol. The van der Waals surface area contributed by atoms with Crippen LogP contribution in [0.3, 0.4) is 0 Å². The Balaban J connectivity index is 1.71. The van der Waals surface area contributed by atoms with Gasteiger partial charge in [0.25, 0.3) is 0 Å². The van der Waals surface area contributed by atoms with Crippen molar-refractivity contribution >= 4 is 56.0 Å². The Bertz CT molecular complexity index is 818. The second kappa shape index (κ2) is 7.18. The van der Waals surface area contributed by atoms with E-state index >= 15 is 0 Å². The molecule has 1 atom stereocenters. The van der Waals surface area contributed by atoms with Gasteiger partial charge < -0.3 is 15.5 Å². The molecule has 0 radical (unpaired) electrons. The third-order valence-electron chi connectivity index (χ3n) is 3.40. The fourth-order valence-electron chi connectivity index (χ4n) is 2.22. The van der Waals surface area contributed by atoms with E-state index in [1.807, 2.05) is 18.2 Å². The molecule has 0 amide bonds. The average molecular weight is 365 g/mol. The van der Waals surface area contributed by atoms with Gasteiger partial charge in [-0.15, -0.1) is 23.1 Å². The zero-order valence-electron chi connectivity index (χ0n) is 12.6. The van der Waals surface area contributed by atoms with Gasteiger partial charge in [0.05, 0.1) is 10.2 Å². The molecule has 1 aromatic heterocycles.